The zero-order valence-electron chi connectivity index (χ0n) is 26.0. The van der Waals surface area contributed by atoms with Crippen molar-refractivity contribution < 1.29 is 57.5 Å². The van der Waals surface area contributed by atoms with Gasteiger partial charge in [-0.2, -0.15) is 0 Å². The molecule has 0 bridgehead atoms. The van der Waals surface area contributed by atoms with Crippen molar-refractivity contribution in [3.8, 4) is 11.5 Å². The van der Waals surface area contributed by atoms with Crippen molar-refractivity contribution in [1.82, 2.24) is 0 Å². The molecule has 0 atom stereocenters. The molecule has 12 nitrogen and oxygen atoms in total. The summed E-state index contributed by atoms with van der Waals surface area (Å²) in [5.74, 6) is -4.32. The summed E-state index contributed by atoms with van der Waals surface area (Å²) in [6, 6.07) is 23.7. The number of hydrogen-bond acceptors (Lipinski definition) is 12. The van der Waals surface area contributed by atoms with E-state index in [0.717, 1.165) is 0 Å². The summed E-state index contributed by atoms with van der Waals surface area (Å²) >= 11 is 0. The molecule has 0 unspecified atom stereocenters. The molecule has 0 aliphatic rings. The molecular weight excluding hydrogens is 624 g/mol. The number of ketones is 2. The summed E-state index contributed by atoms with van der Waals surface area (Å²) in [7, 11) is 0. The molecule has 0 amide bonds. The number of carbonyl (C=O) groups excluding carboxylic acids is 6. The lowest BCUT2D eigenvalue weighted by molar-refractivity contribution is -0.187. The Labute approximate surface area is 275 Å². The number of hydrogen-bond donors (Lipinski definition) is 0. The Hall–Kier alpha value is -6.30. The van der Waals surface area contributed by atoms with Gasteiger partial charge in [0.2, 0.25) is 13.6 Å². The molecule has 0 heterocycles. The minimum atomic E-state index is -1.16. The van der Waals surface area contributed by atoms with Crippen LogP contribution in [0.2, 0.25) is 0 Å². The van der Waals surface area contributed by atoms with E-state index in [0.29, 0.717) is 0 Å². The van der Waals surface area contributed by atoms with Gasteiger partial charge in [0, 0.05) is 24.0 Å². The Bertz CT molecular complexity index is 1690. The van der Waals surface area contributed by atoms with Crippen LogP contribution in [-0.2, 0) is 28.8 Å². The van der Waals surface area contributed by atoms with Crippen LogP contribution in [-0.4, -0.2) is 49.0 Å². The van der Waals surface area contributed by atoms with Crippen molar-refractivity contribution in [2.75, 3.05) is 13.6 Å². The SMILES string of the molecule is CCC(=O)OCOc1ccccc1C(=O)c1ccccc1C(=O)OOC(=O)c1ccccc1C(=O)c1ccccc1OCOC(=O)CC. The van der Waals surface area contributed by atoms with Gasteiger partial charge in [0.25, 0.3) is 0 Å². The lowest BCUT2D eigenvalue weighted by Gasteiger charge is -2.13. The van der Waals surface area contributed by atoms with Crippen molar-refractivity contribution in [2.45, 2.75) is 26.7 Å². The molecule has 4 rings (SSSR count). The van der Waals surface area contributed by atoms with Crippen LogP contribution in [0.5, 0.6) is 11.5 Å². The van der Waals surface area contributed by atoms with Crippen LogP contribution >= 0.6 is 0 Å². The minimum absolute atomic E-state index is 0.0718. The highest BCUT2D eigenvalue weighted by molar-refractivity contribution is 6.17. The third kappa shape index (κ3) is 8.69. The Morgan fingerprint density at radius 2 is 0.750 bits per heavy atom. The van der Waals surface area contributed by atoms with Crippen LogP contribution in [0.15, 0.2) is 97.1 Å². The Morgan fingerprint density at radius 1 is 0.438 bits per heavy atom. The zero-order chi connectivity index (χ0) is 34.5. The molecule has 0 aliphatic carbocycles. The first-order chi connectivity index (χ1) is 23.2. The number of ether oxygens (including phenoxy) is 4. The van der Waals surface area contributed by atoms with Gasteiger partial charge < -0.3 is 18.9 Å². The third-order valence-corrected chi connectivity index (χ3v) is 6.69. The number of carbonyl (C=O) groups is 6. The normalized spacial score (nSPS) is 10.3. The van der Waals surface area contributed by atoms with E-state index in [1.54, 1.807) is 38.1 Å². The van der Waals surface area contributed by atoms with Gasteiger partial charge in [-0.15, -0.1) is 0 Å². The molecule has 0 saturated heterocycles. The maximum Gasteiger partial charge on any atom is 0.387 e. The van der Waals surface area contributed by atoms with Crippen LogP contribution in [0.3, 0.4) is 0 Å². The molecular formula is C36H30O12. The van der Waals surface area contributed by atoms with Crippen LogP contribution < -0.4 is 9.47 Å². The van der Waals surface area contributed by atoms with Gasteiger partial charge in [-0.25, -0.2) is 19.4 Å². The van der Waals surface area contributed by atoms with Crippen molar-refractivity contribution in [3.63, 3.8) is 0 Å². The second-order valence-electron chi connectivity index (χ2n) is 9.75. The Balaban J connectivity index is 1.49. The summed E-state index contributed by atoms with van der Waals surface area (Å²) in [5, 5.41) is 0. The summed E-state index contributed by atoms with van der Waals surface area (Å²) in [6.45, 7) is 2.40. The second-order valence-corrected chi connectivity index (χ2v) is 9.75. The van der Waals surface area contributed by atoms with Crippen molar-refractivity contribution in [1.29, 1.82) is 0 Å². The highest BCUT2D eigenvalue weighted by atomic mass is 17.2. The predicted octanol–water partition coefficient (Wildman–Crippen LogP) is 5.66. The number of esters is 2. The smallest absolute Gasteiger partial charge is 0.387 e. The van der Waals surface area contributed by atoms with Crippen LogP contribution in [0.4, 0.5) is 0 Å². The molecule has 48 heavy (non-hydrogen) atoms. The molecule has 0 aromatic heterocycles. The highest BCUT2D eigenvalue weighted by Gasteiger charge is 2.26. The van der Waals surface area contributed by atoms with E-state index in [1.165, 1.54) is 72.8 Å². The lowest BCUT2D eigenvalue weighted by Crippen LogP contribution is -2.18. The summed E-state index contributed by atoms with van der Waals surface area (Å²) in [4.78, 5) is 85.9. The fourth-order valence-corrected chi connectivity index (χ4v) is 4.26. The molecule has 4 aromatic rings. The summed E-state index contributed by atoms with van der Waals surface area (Å²) in [5.41, 5.74) is -0.470. The highest BCUT2D eigenvalue weighted by Crippen LogP contribution is 2.26. The molecule has 0 fully saturated rings. The fourth-order valence-electron chi connectivity index (χ4n) is 4.26. The Kier molecular flexibility index (Phi) is 12.1. The first-order valence-electron chi connectivity index (χ1n) is 14.7. The maximum atomic E-state index is 13.5. The van der Waals surface area contributed by atoms with Crippen LogP contribution in [0.1, 0.15) is 79.2 Å². The summed E-state index contributed by atoms with van der Waals surface area (Å²) < 4.78 is 20.8. The van der Waals surface area contributed by atoms with Crippen LogP contribution in [0, 0.1) is 0 Å². The number of rotatable bonds is 14. The van der Waals surface area contributed by atoms with Crippen molar-refractivity contribution in [2.24, 2.45) is 0 Å². The van der Waals surface area contributed by atoms with E-state index >= 15 is 0 Å². The maximum absolute atomic E-state index is 13.5. The van der Waals surface area contributed by atoms with Crippen molar-refractivity contribution in [3.05, 3.63) is 130 Å². The molecule has 0 spiro atoms. The van der Waals surface area contributed by atoms with E-state index in [1.807, 2.05) is 0 Å². The second kappa shape index (κ2) is 16.9. The number of para-hydroxylation sites is 2. The molecule has 4 aromatic carbocycles. The zero-order valence-corrected chi connectivity index (χ0v) is 26.0. The topological polar surface area (TPSA) is 158 Å². The van der Waals surface area contributed by atoms with Gasteiger partial charge in [0.1, 0.15) is 11.5 Å². The predicted molar refractivity (Wildman–Crippen MR) is 167 cm³/mol. The van der Waals surface area contributed by atoms with Gasteiger partial charge in [-0.3, -0.25) is 19.2 Å². The van der Waals surface area contributed by atoms with Gasteiger partial charge in [0.05, 0.1) is 22.3 Å². The first-order valence-corrected chi connectivity index (χ1v) is 14.7. The van der Waals surface area contributed by atoms with E-state index in [9.17, 15) is 28.8 Å². The molecule has 0 N–H and O–H groups in total. The average molecular weight is 655 g/mol. The van der Waals surface area contributed by atoms with E-state index in [2.05, 4.69) is 0 Å². The largest absolute Gasteiger partial charge is 0.457 e. The first kappa shape index (κ1) is 34.6. The fraction of sp³-hybridized carbons (Fsp3) is 0.167. The average Bonchev–Trinajstić information content (AvgIpc) is 3.13. The van der Waals surface area contributed by atoms with E-state index in [4.69, 9.17) is 28.7 Å². The minimum Gasteiger partial charge on any atom is -0.457 e. The van der Waals surface area contributed by atoms with Gasteiger partial charge in [-0.05, 0) is 36.4 Å². The standard InChI is InChI=1S/C36H30O12/c1-3-31(37)45-21-43-29-19-11-9-17-27(29)33(39)23-13-5-7-15-25(23)35(41)47-48-36(42)26-16-8-6-14-24(26)34(40)28-18-10-12-20-30(28)44-22-46-32(38)4-2/h5-20H,3-4,21-22H2,1-2H3. The van der Waals surface area contributed by atoms with Gasteiger partial charge in [-0.1, -0.05) is 74.5 Å². The molecule has 0 radical (unpaired) electrons. The molecule has 0 saturated carbocycles. The molecule has 0 aliphatic heterocycles. The molecule has 246 valence electrons. The monoisotopic (exact) mass is 654 g/mol. The van der Waals surface area contributed by atoms with Crippen molar-refractivity contribution >= 4 is 35.4 Å². The summed E-state index contributed by atoms with van der Waals surface area (Å²) in [6.07, 6.45) is 0.293. The van der Waals surface area contributed by atoms with Crippen LogP contribution in [0.25, 0.3) is 0 Å². The van der Waals surface area contributed by atoms with Gasteiger partial charge in [0.15, 0.2) is 11.6 Å². The quantitative estimate of drug-likeness (QED) is 0.0541. The van der Waals surface area contributed by atoms with E-state index in [-0.39, 0.29) is 57.7 Å². The number of benzene rings is 4. The molecule has 12 heteroatoms. The van der Waals surface area contributed by atoms with E-state index < -0.39 is 49.0 Å². The Morgan fingerprint density at radius 3 is 1.10 bits per heavy atom. The van der Waals surface area contributed by atoms with Gasteiger partial charge >= 0.3 is 23.9 Å². The third-order valence-electron chi connectivity index (χ3n) is 6.69. The lowest BCUT2D eigenvalue weighted by atomic mass is 9.97.